The maximum absolute atomic E-state index is 13.6. The molecule has 0 saturated heterocycles. The summed E-state index contributed by atoms with van der Waals surface area (Å²) < 4.78 is 47.1. The number of esters is 1. The van der Waals surface area contributed by atoms with Gasteiger partial charge >= 0.3 is 12.1 Å². The average molecular weight is 647 g/mol. The predicted octanol–water partition coefficient (Wildman–Crippen LogP) is 6.49. The number of hydrogen-bond donors (Lipinski definition) is 1. The molecule has 12 heteroatoms. The minimum atomic E-state index is -4.48. The number of aromatic nitrogens is 3. The molecule has 0 spiro atoms. The SMILES string of the molecule is C=C[C@]1(C)C[C@@H](OC(=O)CSc2nnc(C)n2/N=C/c2cccc(C(F)(F)F)c2)[C@]2(C)[C@H](C)CC[C@]3(CCC(=O)[C@H]32)[C@@H](C)[C@@H]1O. The minimum Gasteiger partial charge on any atom is -0.461 e. The summed E-state index contributed by atoms with van der Waals surface area (Å²) in [5, 5.41) is 24.4. The Morgan fingerprint density at radius 2 is 2.00 bits per heavy atom. The van der Waals surface area contributed by atoms with Gasteiger partial charge in [-0.05, 0) is 67.6 Å². The Hall–Kier alpha value is -2.99. The maximum Gasteiger partial charge on any atom is 0.416 e. The van der Waals surface area contributed by atoms with Gasteiger partial charge in [0.2, 0.25) is 5.16 Å². The number of benzene rings is 1. The van der Waals surface area contributed by atoms with E-state index in [1.807, 2.05) is 6.92 Å². The van der Waals surface area contributed by atoms with Crippen LogP contribution in [-0.4, -0.2) is 55.9 Å². The molecule has 1 N–H and O–H groups in total. The summed E-state index contributed by atoms with van der Waals surface area (Å²) in [4.78, 5) is 27.1. The van der Waals surface area contributed by atoms with Crippen LogP contribution in [0.25, 0.3) is 0 Å². The van der Waals surface area contributed by atoms with Gasteiger partial charge < -0.3 is 9.84 Å². The largest absolute Gasteiger partial charge is 0.461 e. The first kappa shape index (κ1) is 33.4. The second-order valence-electron chi connectivity index (χ2n) is 13.6. The molecule has 1 aromatic heterocycles. The minimum absolute atomic E-state index is 0.107. The fraction of sp³-hybridized carbons (Fsp3) is 0.606. The molecule has 5 rings (SSSR count). The van der Waals surface area contributed by atoms with Gasteiger partial charge in [0.1, 0.15) is 11.9 Å². The van der Waals surface area contributed by atoms with Crippen LogP contribution in [-0.2, 0) is 20.5 Å². The van der Waals surface area contributed by atoms with E-state index in [0.717, 1.165) is 43.2 Å². The number of carbonyl (C=O) groups is 2. The van der Waals surface area contributed by atoms with Crippen LogP contribution in [0.3, 0.4) is 0 Å². The lowest BCUT2D eigenvalue weighted by atomic mass is 9.44. The highest BCUT2D eigenvalue weighted by Crippen LogP contribution is 2.68. The first-order chi connectivity index (χ1) is 21.1. The van der Waals surface area contributed by atoms with Gasteiger partial charge in [0.15, 0.2) is 5.82 Å². The summed E-state index contributed by atoms with van der Waals surface area (Å²) in [6.07, 6.45) is 0.385. The molecule has 0 unspecified atom stereocenters. The van der Waals surface area contributed by atoms with Crippen LogP contribution >= 0.6 is 11.8 Å². The third-order valence-electron chi connectivity index (χ3n) is 11.2. The molecule has 3 aliphatic carbocycles. The highest BCUT2D eigenvalue weighted by atomic mass is 32.2. The Morgan fingerprint density at radius 3 is 2.69 bits per heavy atom. The molecular formula is C33H41F3N4O4S. The summed E-state index contributed by atoms with van der Waals surface area (Å²) in [6.45, 7) is 13.9. The number of ether oxygens (including phenoxy) is 1. The smallest absolute Gasteiger partial charge is 0.416 e. The summed E-state index contributed by atoms with van der Waals surface area (Å²) in [5.74, 6) is -0.414. The molecule has 3 aliphatic rings. The molecule has 8 atom stereocenters. The molecule has 0 amide bonds. The number of rotatable bonds is 7. The van der Waals surface area contributed by atoms with E-state index in [-0.39, 0.29) is 45.4 Å². The van der Waals surface area contributed by atoms with E-state index >= 15 is 0 Å². The second kappa shape index (κ2) is 12.0. The molecule has 3 saturated carbocycles. The topological polar surface area (TPSA) is 107 Å². The molecule has 244 valence electrons. The number of thioether (sulfide) groups is 1. The summed E-state index contributed by atoms with van der Waals surface area (Å²) in [5.41, 5.74) is -2.28. The van der Waals surface area contributed by atoms with Crippen molar-refractivity contribution in [3.05, 3.63) is 53.9 Å². The Balaban J connectivity index is 1.38. The summed E-state index contributed by atoms with van der Waals surface area (Å²) in [7, 11) is 0. The third-order valence-corrected chi connectivity index (χ3v) is 12.1. The van der Waals surface area contributed by atoms with Crippen molar-refractivity contribution < 1.29 is 32.6 Å². The van der Waals surface area contributed by atoms with Gasteiger partial charge in [0.25, 0.3) is 0 Å². The molecule has 2 aromatic rings. The highest BCUT2D eigenvalue weighted by molar-refractivity contribution is 7.99. The van der Waals surface area contributed by atoms with Crippen molar-refractivity contribution in [1.29, 1.82) is 0 Å². The van der Waals surface area contributed by atoms with Gasteiger partial charge in [0, 0.05) is 23.2 Å². The number of ketones is 1. The van der Waals surface area contributed by atoms with Crippen molar-refractivity contribution in [1.82, 2.24) is 14.9 Å². The van der Waals surface area contributed by atoms with Crippen molar-refractivity contribution in [2.24, 2.45) is 39.1 Å². The molecule has 45 heavy (non-hydrogen) atoms. The molecule has 1 heterocycles. The van der Waals surface area contributed by atoms with Crippen LogP contribution in [0.2, 0.25) is 0 Å². The zero-order chi connectivity index (χ0) is 32.9. The van der Waals surface area contributed by atoms with Crippen molar-refractivity contribution in [3.8, 4) is 0 Å². The Morgan fingerprint density at radius 1 is 1.27 bits per heavy atom. The van der Waals surface area contributed by atoms with Gasteiger partial charge in [-0.2, -0.15) is 22.9 Å². The summed E-state index contributed by atoms with van der Waals surface area (Å²) in [6, 6.07) is 4.79. The zero-order valence-corrected chi connectivity index (χ0v) is 27.1. The lowest BCUT2D eigenvalue weighted by Crippen LogP contribution is -2.63. The van der Waals surface area contributed by atoms with Gasteiger partial charge in [-0.15, -0.1) is 16.8 Å². The Kier molecular flexibility index (Phi) is 8.89. The number of aliphatic hydroxyl groups excluding tert-OH is 1. The number of halogens is 3. The van der Waals surface area contributed by atoms with Gasteiger partial charge in [-0.25, -0.2) is 0 Å². The number of Topliss-reactive ketones (excluding diaryl/α,β-unsaturated/α-hetero) is 1. The molecule has 3 fully saturated rings. The monoisotopic (exact) mass is 646 g/mol. The van der Waals surface area contributed by atoms with Crippen LogP contribution in [0.5, 0.6) is 0 Å². The van der Waals surface area contributed by atoms with Crippen LogP contribution < -0.4 is 0 Å². The number of carbonyl (C=O) groups excluding carboxylic acids is 2. The fourth-order valence-electron chi connectivity index (χ4n) is 8.30. The van der Waals surface area contributed by atoms with E-state index in [1.54, 1.807) is 13.0 Å². The lowest BCUT2D eigenvalue weighted by Gasteiger charge is -2.61. The number of aliphatic hydroxyl groups is 1. The van der Waals surface area contributed by atoms with E-state index < -0.39 is 40.7 Å². The number of hydrogen-bond acceptors (Lipinski definition) is 8. The lowest BCUT2D eigenvalue weighted by molar-refractivity contribution is -0.205. The van der Waals surface area contributed by atoms with E-state index in [1.165, 1.54) is 23.0 Å². The molecule has 8 nitrogen and oxygen atoms in total. The molecule has 0 aliphatic heterocycles. The van der Waals surface area contributed by atoms with Crippen molar-refractivity contribution in [2.75, 3.05) is 5.75 Å². The van der Waals surface area contributed by atoms with E-state index in [4.69, 9.17) is 4.74 Å². The fourth-order valence-corrected chi connectivity index (χ4v) is 9.01. The second-order valence-corrected chi connectivity index (χ2v) is 14.5. The first-order valence-electron chi connectivity index (χ1n) is 15.4. The van der Waals surface area contributed by atoms with Gasteiger partial charge in [0.05, 0.1) is 23.6 Å². The molecular weight excluding hydrogens is 605 g/mol. The standard InChI is InChI=1S/C33H41F3N4O4S/c1-7-30(5)16-25(31(6)19(2)11-13-32(20(3)28(30)43)14-12-24(41)27(31)32)44-26(42)18-45-29-39-38-21(4)40(29)37-17-22-9-8-10-23(15-22)33(34,35)36/h7-10,15,17,19-20,25,27-28,43H,1,11-14,16,18H2,2-6H3/b37-17+/t19-,20+,25-,27+,28+,30-,31+,32+/m1/s1. The van der Waals surface area contributed by atoms with E-state index in [9.17, 15) is 27.9 Å². The zero-order valence-electron chi connectivity index (χ0n) is 26.3. The van der Waals surface area contributed by atoms with Gasteiger partial charge in [-0.1, -0.05) is 57.7 Å². The number of alkyl halides is 3. The molecule has 0 radical (unpaired) electrons. The van der Waals surface area contributed by atoms with Crippen molar-refractivity contribution in [2.45, 2.75) is 90.3 Å². The van der Waals surface area contributed by atoms with Crippen LogP contribution in [0.15, 0.2) is 47.2 Å². The average Bonchev–Trinajstić information content (AvgIpc) is 3.54. The predicted molar refractivity (Wildman–Crippen MR) is 165 cm³/mol. The molecule has 2 bridgehead atoms. The third kappa shape index (κ3) is 5.77. The van der Waals surface area contributed by atoms with E-state index in [0.29, 0.717) is 18.7 Å². The first-order valence-corrected chi connectivity index (χ1v) is 16.4. The Bertz CT molecular complexity index is 1510. The van der Waals surface area contributed by atoms with E-state index in [2.05, 4.69) is 42.6 Å². The van der Waals surface area contributed by atoms with Crippen LogP contribution in [0.1, 0.15) is 76.8 Å². The summed E-state index contributed by atoms with van der Waals surface area (Å²) >= 11 is 1.05. The quantitative estimate of drug-likeness (QED) is 0.159. The number of nitrogens with zero attached hydrogens (tertiary/aromatic N) is 4. The highest BCUT2D eigenvalue weighted by Gasteiger charge is 2.68. The van der Waals surface area contributed by atoms with Crippen LogP contribution in [0.4, 0.5) is 13.2 Å². The maximum atomic E-state index is 13.6. The van der Waals surface area contributed by atoms with Crippen molar-refractivity contribution in [3.63, 3.8) is 0 Å². The number of aryl methyl sites for hydroxylation is 1. The normalized spacial score (nSPS) is 35.1. The van der Waals surface area contributed by atoms with Crippen LogP contribution in [0, 0.1) is 40.9 Å². The van der Waals surface area contributed by atoms with Crippen molar-refractivity contribution >= 4 is 29.7 Å². The Labute approximate surface area is 265 Å². The molecule has 1 aromatic carbocycles. The van der Waals surface area contributed by atoms with Gasteiger partial charge in [-0.3, -0.25) is 9.59 Å².